The number of amides is 1. The Kier molecular flexibility index (Phi) is 8.37. The third kappa shape index (κ3) is 6.80. The van der Waals surface area contributed by atoms with Gasteiger partial charge in [0.15, 0.2) is 0 Å². The molecule has 1 atom stereocenters. The van der Waals surface area contributed by atoms with E-state index >= 15 is 0 Å². The Morgan fingerprint density at radius 2 is 1.51 bits per heavy atom. The zero-order valence-electron chi connectivity index (χ0n) is 22.1. The maximum Gasteiger partial charge on any atom is 0.416 e. The molecule has 0 aliphatic carbocycles. The zero-order chi connectivity index (χ0) is 28.4. The van der Waals surface area contributed by atoms with Crippen LogP contribution in [-0.2, 0) is 27.4 Å². The van der Waals surface area contributed by atoms with Crippen LogP contribution in [-0.4, -0.2) is 51.4 Å². The predicted octanol–water partition coefficient (Wildman–Crippen LogP) is 4.87. The van der Waals surface area contributed by atoms with Gasteiger partial charge in [0.1, 0.15) is 6.04 Å². The van der Waals surface area contributed by atoms with Crippen LogP contribution in [0.15, 0.2) is 71.6 Å². The van der Waals surface area contributed by atoms with Crippen molar-refractivity contribution in [2.75, 3.05) is 31.1 Å². The third-order valence-electron chi connectivity index (χ3n) is 6.88. The number of carbonyl (C=O) groups excluding carboxylic acids is 1. The van der Waals surface area contributed by atoms with Crippen molar-refractivity contribution in [1.82, 2.24) is 9.62 Å². The van der Waals surface area contributed by atoms with Crippen molar-refractivity contribution >= 4 is 21.6 Å². The van der Waals surface area contributed by atoms with Gasteiger partial charge in [-0.3, -0.25) is 4.79 Å². The van der Waals surface area contributed by atoms with Crippen molar-refractivity contribution < 1.29 is 26.4 Å². The number of sulfonamides is 1. The van der Waals surface area contributed by atoms with E-state index in [2.05, 4.69) is 4.72 Å². The average molecular weight is 560 g/mol. The number of nitrogens with zero attached hydrogens (tertiary/aromatic N) is 2. The summed E-state index contributed by atoms with van der Waals surface area (Å²) >= 11 is 0. The van der Waals surface area contributed by atoms with Gasteiger partial charge < -0.3 is 9.80 Å². The number of aryl methyl sites for hydroxylation is 3. The monoisotopic (exact) mass is 559 g/mol. The number of nitrogens with one attached hydrogen (secondary N) is 1. The second-order valence-electron chi connectivity index (χ2n) is 9.95. The van der Waals surface area contributed by atoms with Gasteiger partial charge in [-0.05, 0) is 62.1 Å². The summed E-state index contributed by atoms with van der Waals surface area (Å²) in [5, 5.41) is 0. The van der Waals surface area contributed by atoms with Gasteiger partial charge in [0.2, 0.25) is 15.9 Å². The molecule has 0 saturated carbocycles. The quantitative estimate of drug-likeness (QED) is 0.449. The molecule has 208 valence electrons. The number of carbonyl (C=O) groups is 1. The highest BCUT2D eigenvalue weighted by Gasteiger charge is 2.34. The van der Waals surface area contributed by atoms with E-state index in [1.165, 1.54) is 6.07 Å². The second-order valence-corrected chi connectivity index (χ2v) is 11.6. The lowest BCUT2D eigenvalue weighted by molar-refractivity contribution is -0.137. The summed E-state index contributed by atoms with van der Waals surface area (Å²) in [6.07, 6.45) is -4.28. The lowest BCUT2D eigenvalue weighted by Crippen LogP contribution is -2.55. The third-order valence-corrected chi connectivity index (χ3v) is 8.66. The van der Waals surface area contributed by atoms with E-state index in [0.29, 0.717) is 29.9 Å². The average Bonchev–Trinajstić information content (AvgIpc) is 2.87. The number of anilines is 1. The maximum absolute atomic E-state index is 13.7. The van der Waals surface area contributed by atoms with Crippen LogP contribution in [0.4, 0.5) is 18.9 Å². The summed E-state index contributed by atoms with van der Waals surface area (Å²) in [5.41, 5.74) is 2.65. The molecule has 0 bridgehead atoms. The van der Waals surface area contributed by atoms with Crippen LogP contribution in [0.5, 0.6) is 0 Å². The SMILES string of the molecule is Cc1cc(C)c(S(=O)(=O)NC(Cc2ccccc2)C(=O)N2CCN(c3cccc(C(F)(F)F)c3)CC2)c(C)c1. The van der Waals surface area contributed by atoms with Crippen molar-refractivity contribution in [3.05, 3.63) is 94.5 Å². The number of piperazine rings is 1. The van der Waals surface area contributed by atoms with Crippen molar-refractivity contribution in [2.45, 2.75) is 44.3 Å². The summed E-state index contributed by atoms with van der Waals surface area (Å²) < 4.78 is 69.3. The highest BCUT2D eigenvalue weighted by molar-refractivity contribution is 7.89. The molecule has 3 aromatic carbocycles. The largest absolute Gasteiger partial charge is 0.416 e. The van der Waals surface area contributed by atoms with Crippen LogP contribution in [0, 0.1) is 20.8 Å². The van der Waals surface area contributed by atoms with Crippen molar-refractivity contribution in [2.24, 2.45) is 0 Å². The van der Waals surface area contributed by atoms with Gasteiger partial charge in [-0.1, -0.05) is 54.1 Å². The molecular formula is C29H32F3N3O3S. The van der Waals surface area contributed by atoms with Crippen LogP contribution in [0.1, 0.15) is 27.8 Å². The van der Waals surface area contributed by atoms with E-state index in [0.717, 1.165) is 23.3 Å². The first-order valence-electron chi connectivity index (χ1n) is 12.7. The zero-order valence-corrected chi connectivity index (χ0v) is 22.9. The van der Waals surface area contributed by atoms with Crippen LogP contribution in [0.2, 0.25) is 0 Å². The number of hydrogen-bond donors (Lipinski definition) is 1. The fourth-order valence-electron chi connectivity index (χ4n) is 5.15. The summed E-state index contributed by atoms with van der Waals surface area (Å²) in [4.78, 5) is 17.2. The number of alkyl halides is 3. The van der Waals surface area contributed by atoms with E-state index in [9.17, 15) is 26.4 Å². The van der Waals surface area contributed by atoms with Gasteiger partial charge in [-0.25, -0.2) is 8.42 Å². The highest BCUT2D eigenvalue weighted by atomic mass is 32.2. The molecule has 1 amide bonds. The van der Waals surface area contributed by atoms with Crippen LogP contribution < -0.4 is 9.62 Å². The molecule has 4 rings (SSSR count). The fourth-order valence-corrected chi connectivity index (χ4v) is 6.79. The molecule has 10 heteroatoms. The first-order chi connectivity index (χ1) is 18.3. The van der Waals surface area contributed by atoms with E-state index in [1.54, 1.807) is 41.8 Å². The molecule has 3 aromatic rings. The predicted molar refractivity (Wildman–Crippen MR) is 145 cm³/mol. The Morgan fingerprint density at radius 1 is 0.897 bits per heavy atom. The van der Waals surface area contributed by atoms with Gasteiger partial charge in [-0.15, -0.1) is 0 Å². The van der Waals surface area contributed by atoms with E-state index < -0.39 is 27.8 Å². The van der Waals surface area contributed by atoms with Crippen molar-refractivity contribution in [1.29, 1.82) is 0 Å². The standard InChI is InChI=1S/C29H32F3N3O3S/c1-20-16-21(2)27(22(3)17-20)39(37,38)33-26(18-23-8-5-4-6-9-23)28(36)35-14-12-34(13-15-35)25-11-7-10-24(19-25)29(30,31)32/h4-11,16-17,19,26,33H,12-15,18H2,1-3H3. The number of benzene rings is 3. The molecule has 0 spiro atoms. The van der Waals surface area contributed by atoms with E-state index in [4.69, 9.17) is 0 Å². The van der Waals surface area contributed by atoms with Crippen molar-refractivity contribution in [3.63, 3.8) is 0 Å². The Balaban J connectivity index is 1.54. The maximum atomic E-state index is 13.7. The van der Waals surface area contributed by atoms with Gasteiger partial charge in [0.25, 0.3) is 0 Å². The normalized spacial score (nSPS) is 15.3. The number of hydrogen-bond acceptors (Lipinski definition) is 4. The molecular weight excluding hydrogens is 527 g/mol. The minimum Gasteiger partial charge on any atom is -0.368 e. The lowest BCUT2D eigenvalue weighted by Gasteiger charge is -2.38. The molecule has 0 aromatic heterocycles. The Hall–Kier alpha value is -3.37. The minimum absolute atomic E-state index is 0.160. The molecule has 1 heterocycles. The van der Waals surface area contributed by atoms with Crippen LogP contribution >= 0.6 is 0 Å². The van der Waals surface area contributed by atoms with Gasteiger partial charge in [0.05, 0.1) is 10.5 Å². The van der Waals surface area contributed by atoms with Crippen LogP contribution in [0.3, 0.4) is 0 Å². The summed E-state index contributed by atoms with van der Waals surface area (Å²) in [7, 11) is -4.03. The molecule has 1 aliphatic heterocycles. The van der Waals surface area contributed by atoms with E-state index in [-0.39, 0.29) is 30.3 Å². The topological polar surface area (TPSA) is 69.7 Å². The van der Waals surface area contributed by atoms with Gasteiger partial charge >= 0.3 is 6.18 Å². The molecule has 1 saturated heterocycles. The summed E-state index contributed by atoms with van der Waals surface area (Å²) in [6.45, 7) is 6.52. The summed E-state index contributed by atoms with van der Waals surface area (Å²) in [5.74, 6) is -0.367. The first-order valence-corrected chi connectivity index (χ1v) is 14.2. The number of halogens is 3. The number of rotatable bonds is 7. The molecule has 39 heavy (non-hydrogen) atoms. The van der Waals surface area contributed by atoms with Gasteiger partial charge in [0, 0.05) is 31.9 Å². The smallest absolute Gasteiger partial charge is 0.368 e. The first kappa shape index (κ1) is 28.6. The van der Waals surface area contributed by atoms with Gasteiger partial charge in [-0.2, -0.15) is 17.9 Å². The molecule has 0 radical (unpaired) electrons. The molecule has 6 nitrogen and oxygen atoms in total. The minimum atomic E-state index is -4.44. The van der Waals surface area contributed by atoms with Crippen LogP contribution in [0.25, 0.3) is 0 Å². The Labute approximate surface area is 227 Å². The molecule has 1 aliphatic rings. The molecule has 1 N–H and O–H groups in total. The van der Waals surface area contributed by atoms with E-state index in [1.807, 2.05) is 37.3 Å². The Morgan fingerprint density at radius 3 is 2.10 bits per heavy atom. The Bertz CT molecular complexity index is 1410. The highest BCUT2D eigenvalue weighted by Crippen LogP contribution is 2.32. The summed E-state index contributed by atoms with van der Waals surface area (Å²) in [6, 6.07) is 16.8. The second kappa shape index (κ2) is 11.4. The lowest BCUT2D eigenvalue weighted by atomic mass is 10.1. The molecule has 1 unspecified atom stereocenters. The van der Waals surface area contributed by atoms with Crippen molar-refractivity contribution in [3.8, 4) is 0 Å². The fraction of sp³-hybridized carbons (Fsp3) is 0.345. The molecule has 1 fully saturated rings.